The predicted octanol–water partition coefficient (Wildman–Crippen LogP) is 2.89. The van der Waals surface area contributed by atoms with Crippen molar-refractivity contribution in [2.24, 2.45) is 0 Å². The molecule has 12 heavy (non-hydrogen) atoms. The van der Waals surface area contributed by atoms with Crippen LogP contribution in [0.15, 0.2) is 18.2 Å². The smallest absolute Gasteiger partial charge is 0.0718 e. The summed E-state index contributed by atoms with van der Waals surface area (Å²) in [7, 11) is 0. The number of rotatable bonds is 0. The topological polar surface area (TPSA) is 23.8 Å². The van der Waals surface area contributed by atoms with Crippen LogP contribution < -0.4 is 0 Å². The van der Waals surface area contributed by atoms with Gasteiger partial charge in [0.25, 0.3) is 0 Å². The quantitative estimate of drug-likeness (QED) is 0.598. The number of hydrogen-bond acceptors (Lipinski definition) is 1. The van der Waals surface area contributed by atoms with E-state index >= 15 is 0 Å². The Bertz CT molecular complexity index is 351. The van der Waals surface area contributed by atoms with Gasteiger partial charge >= 0.3 is 0 Å². The molecule has 0 bridgehead atoms. The molecule has 1 aliphatic rings. The third-order valence-electron chi connectivity index (χ3n) is 2.34. The van der Waals surface area contributed by atoms with E-state index in [2.05, 4.69) is 6.07 Å². The lowest BCUT2D eigenvalue weighted by atomic mass is 10.0. The second kappa shape index (κ2) is 2.80. The van der Waals surface area contributed by atoms with Crippen molar-refractivity contribution in [3.8, 4) is 6.07 Å². The SMILES string of the molecule is N#C[C@@H]1CCc2cc(Cl)ccc21. The number of benzene rings is 1. The first-order chi connectivity index (χ1) is 5.81. The molecular formula is C10H8ClN. The Hall–Kier alpha value is -1.00. The minimum atomic E-state index is 0.0947. The first-order valence-corrected chi connectivity index (χ1v) is 4.37. The van der Waals surface area contributed by atoms with E-state index in [4.69, 9.17) is 16.9 Å². The summed E-state index contributed by atoms with van der Waals surface area (Å²) < 4.78 is 0. The number of fused-ring (bicyclic) bond motifs is 1. The van der Waals surface area contributed by atoms with Crippen LogP contribution in [0.1, 0.15) is 23.5 Å². The Kier molecular flexibility index (Phi) is 1.78. The van der Waals surface area contributed by atoms with E-state index in [1.807, 2.05) is 18.2 Å². The van der Waals surface area contributed by atoms with Gasteiger partial charge in [0.1, 0.15) is 0 Å². The summed E-state index contributed by atoms with van der Waals surface area (Å²) in [6.45, 7) is 0. The highest BCUT2D eigenvalue weighted by atomic mass is 35.5. The number of hydrogen-bond donors (Lipinski definition) is 0. The molecule has 60 valence electrons. The number of aryl methyl sites for hydroxylation is 1. The molecule has 0 unspecified atom stereocenters. The van der Waals surface area contributed by atoms with Gasteiger partial charge in [0.05, 0.1) is 12.0 Å². The highest BCUT2D eigenvalue weighted by molar-refractivity contribution is 6.30. The van der Waals surface area contributed by atoms with Crippen molar-refractivity contribution in [3.63, 3.8) is 0 Å². The van der Waals surface area contributed by atoms with Gasteiger partial charge in [-0.15, -0.1) is 0 Å². The fourth-order valence-electron chi connectivity index (χ4n) is 1.72. The molecule has 0 amide bonds. The van der Waals surface area contributed by atoms with E-state index in [-0.39, 0.29) is 5.92 Å². The van der Waals surface area contributed by atoms with Crippen LogP contribution in [0, 0.1) is 11.3 Å². The second-order valence-corrected chi connectivity index (χ2v) is 3.50. The third-order valence-corrected chi connectivity index (χ3v) is 2.57. The van der Waals surface area contributed by atoms with Gasteiger partial charge in [-0.1, -0.05) is 17.7 Å². The molecule has 0 N–H and O–H groups in total. The minimum Gasteiger partial charge on any atom is -0.198 e. The molecule has 0 fully saturated rings. The molecule has 2 rings (SSSR count). The van der Waals surface area contributed by atoms with Gasteiger partial charge in [-0.25, -0.2) is 0 Å². The molecule has 1 atom stereocenters. The van der Waals surface area contributed by atoms with E-state index in [1.54, 1.807) is 0 Å². The van der Waals surface area contributed by atoms with E-state index in [0.717, 1.165) is 17.9 Å². The van der Waals surface area contributed by atoms with Crippen molar-refractivity contribution in [2.45, 2.75) is 18.8 Å². The molecule has 1 aliphatic carbocycles. The predicted molar refractivity (Wildman–Crippen MR) is 48.1 cm³/mol. The van der Waals surface area contributed by atoms with Crippen molar-refractivity contribution < 1.29 is 0 Å². The van der Waals surface area contributed by atoms with E-state index in [0.29, 0.717) is 0 Å². The molecule has 0 aliphatic heterocycles. The number of nitrogens with zero attached hydrogens (tertiary/aromatic N) is 1. The van der Waals surface area contributed by atoms with Crippen molar-refractivity contribution in [1.82, 2.24) is 0 Å². The Morgan fingerprint density at radius 1 is 1.50 bits per heavy atom. The molecule has 1 aromatic rings. The van der Waals surface area contributed by atoms with Crippen LogP contribution in [0.25, 0.3) is 0 Å². The average Bonchev–Trinajstić information content (AvgIpc) is 2.46. The fourth-order valence-corrected chi connectivity index (χ4v) is 1.91. The summed E-state index contributed by atoms with van der Waals surface area (Å²) in [6.07, 6.45) is 1.94. The zero-order chi connectivity index (χ0) is 8.55. The number of halogens is 1. The van der Waals surface area contributed by atoms with Gasteiger partial charge in [-0.3, -0.25) is 0 Å². The molecule has 0 heterocycles. The van der Waals surface area contributed by atoms with E-state index in [9.17, 15) is 0 Å². The molecule has 1 nitrogen and oxygen atoms in total. The molecule has 2 heteroatoms. The summed E-state index contributed by atoms with van der Waals surface area (Å²) in [5.41, 5.74) is 2.41. The minimum absolute atomic E-state index is 0.0947. The zero-order valence-corrected chi connectivity index (χ0v) is 7.30. The van der Waals surface area contributed by atoms with Gasteiger partial charge in [0, 0.05) is 5.02 Å². The highest BCUT2D eigenvalue weighted by Gasteiger charge is 2.21. The van der Waals surface area contributed by atoms with Crippen LogP contribution in [0.4, 0.5) is 0 Å². The average molecular weight is 178 g/mol. The lowest BCUT2D eigenvalue weighted by Gasteiger charge is -2.00. The second-order valence-electron chi connectivity index (χ2n) is 3.06. The molecule has 0 radical (unpaired) electrons. The first kappa shape index (κ1) is 7.64. The largest absolute Gasteiger partial charge is 0.198 e. The van der Waals surface area contributed by atoms with Gasteiger partial charge in [-0.05, 0) is 36.1 Å². The van der Waals surface area contributed by atoms with E-state index in [1.165, 1.54) is 11.1 Å². The van der Waals surface area contributed by atoms with Crippen molar-refractivity contribution in [3.05, 3.63) is 34.3 Å². The standard InChI is InChI=1S/C10H8ClN/c11-9-3-4-10-7(5-9)1-2-8(10)6-12/h3-5,8H,1-2H2/t8-/m0/s1. The van der Waals surface area contributed by atoms with E-state index < -0.39 is 0 Å². The van der Waals surface area contributed by atoms with Gasteiger partial charge in [0.15, 0.2) is 0 Å². The zero-order valence-electron chi connectivity index (χ0n) is 6.55. The lowest BCUT2D eigenvalue weighted by Crippen LogP contribution is -1.87. The first-order valence-electron chi connectivity index (χ1n) is 3.99. The Morgan fingerprint density at radius 3 is 3.08 bits per heavy atom. The van der Waals surface area contributed by atoms with Crippen LogP contribution in [-0.4, -0.2) is 0 Å². The highest BCUT2D eigenvalue weighted by Crippen LogP contribution is 2.33. The molecule has 0 aromatic heterocycles. The van der Waals surface area contributed by atoms with Crippen LogP contribution in [0.3, 0.4) is 0 Å². The maximum Gasteiger partial charge on any atom is 0.0718 e. The van der Waals surface area contributed by atoms with Crippen molar-refractivity contribution in [2.75, 3.05) is 0 Å². The van der Waals surface area contributed by atoms with Crippen LogP contribution in [0.2, 0.25) is 5.02 Å². The maximum absolute atomic E-state index is 8.80. The monoisotopic (exact) mass is 177 g/mol. The molecule has 0 saturated heterocycles. The van der Waals surface area contributed by atoms with Gasteiger partial charge in [-0.2, -0.15) is 5.26 Å². The van der Waals surface area contributed by atoms with Crippen LogP contribution >= 0.6 is 11.6 Å². The summed E-state index contributed by atoms with van der Waals surface area (Å²) in [6, 6.07) is 8.09. The lowest BCUT2D eigenvalue weighted by molar-refractivity contribution is 0.826. The molecule has 1 aromatic carbocycles. The molecular weight excluding hydrogens is 170 g/mol. The van der Waals surface area contributed by atoms with Crippen molar-refractivity contribution in [1.29, 1.82) is 5.26 Å². The normalized spacial score (nSPS) is 20.2. The Labute approximate surface area is 76.6 Å². The van der Waals surface area contributed by atoms with Crippen LogP contribution in [-0.2, 0) is 6.42 Å². The molecule has 0 spiro atoms. The summed E-state index contributed by atoms with van der Waals surface area (Å²) in [5.74, 6) is 0.0947. The Morgan fingerprint density at radius 2 is 2.33 bits per heavy atom. The van der Waals surface area contributed by atoms with Crippen LogP contribution in [0.5, 0.6) is 0 Å². The summed E-state index contributed by atoms with van der Waals surface area (Å²) in [4.78, 5) is 0. The third kappa shape index (κ3) is 1.09. The van der Waals surface area contributed by atoms with Gasteiger partial charge < -0.3 is 0 Å². The molecule has 0 saturated carbocycles. The fraction of sp³-hybridized carbons (Fsp3) is 0.300. The summed E-state index contributed by atoms with van der Waals surface area (Å²) >= 11 is 5.83. The Balaban J connectivity index is 2.49. The maximum atomic E-state index is 8.80. The number of nitriles is 1. The summed E-state index contributed by atoms with van der Waals surface area (Å²) in [5, 5.41) is 9.57. The van der Waals surface area contributed by atoms with Crippen molar-refractivity contribution >= 4 is 11.6 Å². The van der Waals surface area contributed by atoms with Gasteiger partial charge in [0.2, 0.25) is 0 Å².